The molecule has 4 nitrogen and oxygen atoms in total. The first-order chi connectivity index (χ1) is 10.6. The second-order valence-electron chi connectivity index (χ2n) is 5.21. The Morgan fingerprint density at radius 3 is 2.64 bits per heavy atom. The van der Waals surface area contributed by atoms with Crippen LogP contribution in [0.15, 0.2) is 41.1 Å². The van der Waals surface area contributed by atoms with Gasteiger partial charge < -0.3 is 10.6 Å². The molecular formula is C16H15ClN2O2S. The Balaban J connectivity index is 1.81. The van der Waals surface area contributed by atoms with Crippen LogP contribution in [0, 0.1) is 0 Å². The van der Waals surface area contributed by atoms with Crippen LogP contribution in [0.1, 0.15) is 30.0 Å². The summed E-state index contributed by atoms with van der Waals surface area (Å²) < 4.78 is 0. The molecule has 3 rings (SSSR count). The molecule has 1 aromatic carbocycles. The zero-order chi connectivity index (χ0) is 15.5. The van der Waals surface area contributed by atoms with Crippen LogP contribution in [-0.2, 0) is 9.59 Å². The molecule has 1 fully saturated rings. The van der Waals surface area contributed by atoms with Gasteiger partial charge in [0.2, 0.25) is 11.8 Å². The van der Waals surface area contributed by atoms with E-state index in [0.717, 1.165) is 11.1 Å². The van der Waals surface area contributed by atoms with Gasteiger partial charge in [-0.05, 0) is 46.5 Å². The highest BCUT2D eigenvalue weighted by Gasteiger charge is 2.29. The van der Waals surface area contributed by atoms with Gasteiger partial charge in [-0.25, -0.2) is 0 Å². The number of nitrogens with one attached hydrogen (secondary N) is 2. The summed E-state index contributed by atoms with van der Waals surface area (Å²) in [5.41, 5.74) is 1.98. The van der Waals surface area contributed by atoms with Crippen LogP contribution in [-0.4, -0.2) is 17.9 Å². The maximum absolute atomic E-state index is 12.4. The van der Waals surface area contributed by atoms with Gasteiger partial charge in [0.05, 0.1) is 6.04 Å². The lowest BCUT2D eigenvalue weighted by atomic mass is 10.0. The fourth-order valence-corrected chi connectivity index (χ4v) is 3.32. The molecule has 0 saturated carbocycles. The molecule has 6 heteroatoms. The van der Waals surface area contributed by atoms with Gasteiger partial charge in [0, 0.05) is 11.4 Å². The molecule has 2 N–H and O–H groups in total. The lowest BCUT2D eigenvalue weighted by molar-refractivity contribution is -0.126. The number of amides is 2. The summed E-state index contributed by atoms with van der Waals surface area (Å²) in [4.78, 5) is 23.7. The smallest absolute Gasteiger partial charge is 0.243 e. The highest BCUT2D eigenvalue weighted by atomic mass is 35.5. The molecule has 1 aliphatic heterocycles. The van der Waals surface area contributed by atoms with Crippen molar-refractivity contribution in [2.24, 2.45) is 0 Å². The number of carbonyl (C=O) groups excluding carboxylic acids is 2. The SMILES string of the molecule is O=C1CC[C@H](C(=O)N[C@H](c2ccc(Cl)cc2)c2ccsc2)N1. The number of benzene rings is 1. The molecule has 2 heterocycles. The zero-order valence-electron chi connectivity index (χ0n) is 11.7. The van der Waals surface area contributed by atoms with Crippen LogP contribution >= 0.6 is 22.9 Å². The summed E-state index contributed by atoms with van der Waals surface area (Å²) in [6.07, 6.45) is 0.948. The summed E-state index contributed by atoms with van der Waals surface area (Å²) in [6, 6.07) is 8.71. The van der Waals surface area contributed by atoms with Gasteiger partial charge in [0.1, 0.15) is 6.04 Å². The Hall–Kier alpha value is -1.85. The van der Waals surface area contributed by atoms with Crippen molar-refractivity contribution in [1.82, 2.24) is 10.6 Å². The van der Waals surface area contributed by atoms with Crippen LogP contribution in [0.5, 0.6) is 0 Å². The van der Waals surface area contributed by atoms with Crippen LogP contribution in [0.2, 0.25) is 5.02 Å². The minimum Gasteiger partial charge on any atom is -0.344 e. The normalized spacial score (nSPS) is 18.8. The van der Waals surface area contributed by atoms with Crippen molar-refractivity contribution >= 4 is 34.8 Å². The van der Waals surface area contributed by atoms with E-state index in [0.29, 0.717) is 17.9 Å². The lowest BCUT2D eigenvalue weighted by Crippen LogP contribution is -2.43. The Bertz CT molecular complexity index is 670. The molecule has 2 aromatic rings. The average Bonchev–Trinajstić information content (AvgIpc) is 3.17. The summed E-state index contributed by atoms with van der Waals surface area (Å²) in [7, 11) is 0. The van der Waals surface area contributed by atoms with E-state index < -0.39 is 6.04 Å². The van der Waals surface area contributed by atoms with Crippen LogP contribution in [0.4, 0.5) is 0 Å². The van der Waals surface area contributed by atoms with Crippen molar-refractivity contribution in [3.05, 3.63) is 57.2 Å². The second kappa shape index (κ2) is 6.50. The van der Waals surface area contributed by atoms with Crippen molar-refractivity contribution in [3.63, 3.8) is 0 Å². The molecule has 2 amide bonds. The first-order valence-corrected chi connectivity index (χ1v) is 8.33. The Kier molecular flexibility index (Phi) is 4.45. The fourth-order valence-electron chi connectivity index (χ4n) is 2.51. The molecule has 0 bridgehead atoms. The number of halogens is 1. The molecule has 114 valence electrons. The molecule has 0 aliphatic carbocycles. The van der Waals surface area contributed by atoms with E-state index >= 15 is 0 Å². The van der Waals surface area contributed by atoms with Crippen molar-refractivity contribution in [2.45, 2.75) is 24.9 Å². The van der Waals surface area contributed by atoms with E-state index in [4.69, 9.17) is 11.6 Å². The maximum atomic E-state index is 12.4. The Morgan fingerprint density at radius 2 is 2.05 bits per heavy atom. The van der Waals surface area contributed by atoms with Crippen LogP contribution in [0.25, 0.3) is 0 Å². The van der Waals surface area contributed by atoms with Gasteiger partial charge in [0.25, 0.3) is 0 Å². The molecule has 22 heavy (non-hydrogen) atoms. The molecule has 1 aromatic heterocycles. The number of thiophene rings is 1. The number of rotatable bonds is 4. The van der Waals surface area contributed by atoms with E-state index in [1.54, 1.807) is 23.5 Å². The number of hydrogen-bond acceptors (Lipinski definition) is 3. The van der Waals surface area contributed by atoms with E-state index in [1.165, 1.54) is 0 Å². The third kappa shape index (κ3) is 3.31. The monoisotopic (exact) mass is 334 g/mol. The maximum Gasteiger partial charge on any atom is 0.243 e. The highest BCUT2D eigenvalue weighted by molar-refractivity contribution is 7.08. The van der Waals surface area contributed by atoms with E-state index in [9.17, 15) is 9.59 Å². The van der Waals surface area contributed by atoms with Crippen LogP contribution in [0.3, 0.4) is 0 Å². The Labute approximate surface area is 137 Å². The summed E-state index contributed by atoms with van der Waals surface area (Å²) in [6.45, 7) is 0. The first-order valence-electron chi connectivity index (χ1n) is 7.01. The topological polar surface area (TPSA) is 58.2 Å². The molecule has 2 atom stereocenters. The first kappa shape index (κ1) is 15.1. The summed E-state index contributed by atoms with van der Waals surface area (Å²) >= 11 is 7.51. The second-order valence-corrected chi connectivity index (χ2v) is 6.43. The van der Waals surface area contributed by atoms with E-state index in [1.807, 2.05) is 29.0 Å². The van der Waals surface area contributed by atoms with E-state index in [-0.39, 0.29) is 17.9 Å². The minimum atomic E-state index is -0.444. The predicted octanol–water partition coefficient (Wildman–Crippen LogP) is 2.89. The minimum absolute atomic E-state index is 0.0706. The van der Waals surface area contributed by atoms with Crippen molar-refractivity contribution in [1.29, 1.82) is 0 Å². The van der Waals surface area contributed by atoms with Crippen molar-refractivity contribution < 1.29 is 9.59 Å². The van der Waals surface area contributed by atoms with Gasteiger partial charge in [-0.1, -0.05) is 23.7 Å². The molecule has 0 unspecified atom stereocenters. The third-order valence-corrected chi connectivity index (χ3v) is 4.63. The standard InChI is InChI=1S/C16H15ClN2O2S/c17-12-3-1-10(2-4-12)15(11-7-8-22-9-11)19-16(21)13-5-6-14(20)18-13/h1-4,7-9,13,15H,5-6H2,(H,18,20)(H,19,21)/t13-,15-/m1/s1. The summed E-state index contributed by atoms with van der Waals surface area (Å²) in [5, 5.41) is 10.4. The number of carbonyl (C=O) groups is 2. The molecule has 0 spiro atoms. The van der Waals surface area contributed by atoms with Gasteiger partial charge in [-0.2, -0.15) is 11.3 Å². The number of hydrogen-bond donors (Lipinski definition) is 2. The highest BCUT2D eigenvalue weighted by Crippen LogP contribution is 2.26. The fraction of sp³-hybridized carbons (Fsp3) is 0.250. The van der Waals surface area contributed by atoms with Crippen molar-refractivity contribution in [2.75, 3.05) is 0 Å². The van der Waals surface area contributed by atoms with Gasteiger partial charge >= 0.3 is 0 Å². The van der Waals surface area contributed by atoms with E-state index in [2.05, 4.69) is 10.6 Å². The molecule has 0 radical (unpaired) electrons. The average molecular weight is 335 g/mol. The van der Waals surface area contributed by atoms with Gasteiger partial charge in [0.15, 0.2) is 0 Å². The zero-order valence-corrected chi connectivity index (χ0v) is 13.3. The largest absolute Gasteiger partial charge is 0.344 e. The van der Waals surface area contributed by atoms with Gasteiger partial charge in [-0.15, -0.1) is 0 Å². The van der Waals surface area contributed by atoms with Gasteiger partial charge in [-0.3, -0.25) is 9.59 Å². The molecule has 1 saturated heterocycles. The third-order valence-electron chi connectivity index (χ3n) is 3.68. The molecular weight excluding hydrogens is 320 g/mol. The van der Waals surface area contributed by atoms with Crippen LogP contribution < -0.4 is 10.6 Å². The molecule has 1 aliphatic rings. The Morgan fingerprint density at radius 1 is 1.27 bits per heavy atom. The quantitative estimate of drug-likeness (QED) is 0.903. The summed E-state index contributed by atoms with van der Waals surface area (Å²) in [5.74, 6) is -0.226. The predicted molar refractivity (Wildman–Crippen MR) is 86.9 cm³/mol. The lowest BCUT2D eigenvalue weighted by Gasteiger charge is -2.21. The van der Waals surface area contributed by atoms with Crippen molar-refractivity contribution in [3.8, 4) is 0 Å².